The highest BCUT2D eigenvalue weighted by Crippen LogP contribution is 2.23. The van der Waals surface area contributed by atoms with E-state index in [4.69, 9.17) is 0 Å². The van der Waals surface area contributed by atoms with Crippen LogP contribution in [0.4, 0.5) is 5.69 Å². The van der Waals surface area contributed by atoms with E-state index in [1.54, 1.807) is 0 Å². The molecule has 168 valence electrons. The highest BCUT2D eigenvalue weighted by atomic mass is 32.2. The van der Waals surface area contributed by atoms with Crippen molar-refractivity contribution in [1.29, 1.82) is 0 Å². The van der Waals surface area contributed by atoms with Crippen molar-refractivity contribution in [3.63, 3.8) is 0 Å². The Morgan fingerprint density at radius 3 is 2.23 bits per heavy atom. The van der Waals surface area contributed by atoms with Crippen LogP contribution in [0.2, 0.25) is 0 Å². The fourth-order valence-electron chi connectivity index (χ4n) is 4.25. The minimum absolute atomic E-state index is 0.132. The van der Waals surface area contributed by atoms with Crippen LogP contribution < -0.4 is 4.31 Å². The number of piperidine rings is 1. The van der Waals surface area contributed by atoms with Crippen LogP contribution in [0.25, 0.3) is 0 Å². The lowest BCUT2D eigenvalue weighted by molar-refractivity contribution is -0.132. The molecule has 0 aliphatic carbocycles. The summed E-state index contributed by atoms with van der Waals surface area (Å²) < 4.78 is 26.0. The van der Waals surface area contributed by atoms with Crippen molar-refractivity contribution in [2.24, 2.45) is 5.92 Å². The van der Waals surface area contributed by atoms with Crippen LogP contribution >= 0.6 is 0 Å². The number of amides is 1. The second kappa shape index (κ2) is 10.8. The summed E-state index contributed by atoms with van der Waals surface area (Å²) in [5.41, 5.74) is 3.19. The Hall–Kier alpha value is -2.34. The van der Waals surface area contributed by atoms with E-state index in [0.717, 1.165) is 38.8 Å². The number of likely N-dealkylation sites (tertiary alicyclic amines) is 1. The summed E-state index contributed by atoms with van der Waals surface area (Å²) in [6.07, 6.45) is 6.16. The maximum Gasteiger partial charge on any atom is 0.232 e. The number of hydrogen-bond acceptors (Lipinski definition) is 3. The minimum atomic E-state index is -3.39. The highest BCUT2D eigenvalue weighted by molar-refractivity contribution is 7.92. The van der Waals surface area contributed by atoms with Gasteiger partial charge in [0.15, 0.2) is 0 Å². The number of hydrogen-bond donors (Lipinski definition) is 0. The predicted octanol–water partition coefficient (Wildman–Crippen LogP) is 4.28. The zero-order valence-electron chi connectivity index (χ0n) is 18.7. The van der Waals surface area contributed by atoms with Crippen molar-refractivity contribution in [2.75, 3.05) is 30.2 Å². The van der Waals surface area contributed by atoms with Gasteiger partial charge in [-0.15, -0.1) is 0 Å². The van der Waals surface area contributed by atoms with Gasteiger partial charge in [0, 0.05) is 26.1 Å². The molecule has 0 radical (unpaired) electrons. The number of benzene rings is 2. The molecule has 0 unspecified atom stereocenters. The third-order valence-electron chi connectivity index (χ3n) is 6.12. The number of rotatable bonds is 9. The molecule has 0 aromatic heterocycles. The Balaban J connectivity index is 1.47. The molecule has 1 aliphatic rings. The fraction of sp³-hybridized carbons (Fsp3) is 0.480. The van der Waals surface area contributed by atoms with Gasteiger partial charge in [-0.2, -0.15) is 0 Å². The van der Waals surface area contributed by atoms with Crippen molar-refractivity contribution >= 4 is 21.6 Å². The molecule has 1 saturated heterocycles. The van der Waals surface area contributed by atoms with E-state index in [1.807, 2.05) is 35.2 Å². The normalized spacial score (nSPS) is 15.1. The average molecular weight is 443 g/mol. The van der Waals surface area contributed by atoms with Gasteiger partial charge in [0.05, 0.1) is 11.9 Å². The van der Waals surface area contributed by atoms with E-state index in [-0.39, 0.29) is 5.91 Å². The van der Waals surface area contributed by atoms with Gasteiger partial charge in [0.1, 0.15) is 0 Å². The summed E-state index contributed by atoms with van der Waals surface area (Å²) in [5, 5.41) is 0. The van der Waals surface area contributed by atoms with Crippen LogP contribution in [0.3, 0.4) is 0 Å². The Morgan fingerprint density at radius 2 is 1.65 bits per heavy atom. The van der Waals surface area contributed by atoms with E-state index < -0.39 is 10.0 Å². The Morgan fingerprint density at radius 1 is 1.00 bits per heavy atom. The zero-order valence-corrected chi connectivity index (χ0v) is 19.5. The SMILES string of the molecule is CCc1ccc(N(CCCC(=O)N2CCC(Cc3ccccc3)CC2)S(C)(=O)=O)cc1. The van der Waals surface area contributed by atoms with E-state index in [1.165, 1.54) is 21.7 Å². The van der Waals surface area contributed by atoms with Gasteiger partial charge < -0.3 is 4.90 Å². The second-order valence-corrected chi connectivity index (χ2v) is 10.4. The Labute approximate surface area is 187 Å². The molecule has 6 heteroatoms. The van der Waals surface area contributed by atoms with Gasteiger partial charge in [0.2, 0.25) is 15.9 Å². The molecule has 1 fully saturated rings. The van der Waals surface area contributed by atoms with E-state index in [2.05, 4.69) is 31.2 Å². The first-order valence-electron chi connectivity index (χ1n) is 11.2. The summed E-state index contributed by atoms with van der Waals surface area (Å²) in [4.78, 5) is 14.6. The summed E-state index contributed by atoms with van der Waals surface area (Å²) in [7, 11) is -3.39. The first-order chi connectivity index (χ1) is 14.9. The van der Waals surface area contributed by atoms with E-state index in [0.29, 0.717) is 31.0 Å². The number of anilines is 1. The largest absolute Gasteiger partial charge is 0.343 e. The summed E-state index contributed by atoms with van der Waals surface area (Å²) in [5.74, 6) is 0.756. The summed E-state index contributed by atoms with van der Waals surface area (Å²) in [6, 6.07) is 18.1. The lowest BCUT2D eigenvalue weighted by atomic mass is 9.90. The molecule has 0 atom stereocenters. The summed E-state index contributed by atoms with van der Waals surface area (Å²) in [6.45, 7) is 3.98. The molecule has 0 N–H and O–H groups in total. The van der Waals surface area contributed by atoms with Gasteiger partial charge in [0.25, 0.3) is 0 Å². The van der Waals surface area contributed by atoms with Crippen molar-refractivity contribution in [1.82, 2.24) is 4.90 Å². The summed E-state index contributed by atoms with van der Waals surface area (Å²) >= 11 is 0. The molecule has 1 amide bonds. The van der Waals surface area contributed by atoms with Gasteiger partial charge in [-0.3, -0.25) is 9.10 Å². The van der Waals surface area contributed by atoms with Gasteiger partial charge in [-0.25, -0.2) is 8.42 Å². The van der Waals surface area contributed by atoms with Crippen LogP contribution in [-0.2, 0) is 27.7 Å². The Bertz CT molecular complexity index is 934. The second-order valence-electron chi connectivity index (χ2n) is 8.47. The standard InChI is InChI=1S/C25H34N2O3S/c1-3-21-11-13-24(14-12-21)27(31(2,29)30)17-7-10-25(28)26-18-15-23(16-19-26)20-22-8-5-4-6-9-22/h4-6,8-9,11-14,23H,3,7,10,15-20H2,1-2H3. The van der Waals surface area contributed by atoms with Crippen molar-refractivity contribution < 1.29 is 13.2 Å². The molecule has 2 aromatic rings. The monoisotopic (exact) mass is 442 g/mol. The third kappa shape index (κ3) is 6.82. The maximum atomic E-state index is 12.7. The molecular formula is C25H34N2O3S. The number of carbonyl (C=O) groups is 1. The van der Waals surface area contributed by atoms with Crippen LogP contribution in [-0.4, -0.2) is 45.1 Å². The van der Waals surface area contributed by atoms with Crippen LogP contribution in [0.1, 0.15) is 43.7 Å². The van der Waals surface area contributed by atoms with Gasteiger partial charge >= 0.3 is 0 Å². The molecule has 31 heavy (non-hydrogen) atoms. The number of nitrogens with zero attached hydrogens (tertiary/aromatic N) is 2. The first kappa shape index (κ1) is 23.3. The molecule has 5 nitrogen and oxygen atoms in total. The number of carbonyl (C=O) groups excluding carboxylic acids is 1. The molecule has 0 spiro atoms. The van der Waals surface area contributed by atoms with E-state index in [9.17, 15) is 13.2 Å². The van der Waals surface area contributed by atoms with Crippen molar-refractivity contribution in [3.05, 3.63) is 65.7 Å². The first-order valence-corrected chi connectivity index (χ1v) is 13.1. The molecule has 2 aromatic carbocycles. The van der Waals surface area contributed by atoms with Crippen LogP contribution in [0.15, 0.2) is 54.6 Å². The van der Waals surface area contributed by atoms with E-state index >= 15 is 0 Å². The Kier molecular flexibility index (Phi) is 8.13. The molecule has 1 heterocycles. The zero-order chi connectivity index (χ0) is 22.3. The average Bonchev–Trinajstić information content (AvgIpc) is 2.77. The van der Waals surface area contributed by atoms with Crippen LogP contribution in [0.5, 0.6) is 0 Å². The quantitative estimate of drug-likeness (QED) is 0.583. The maximum absolute atomic E-state index is 12.7. The third-order valence-corrected chi connectivity index (χ3v) is 7.31. The highest BCUT2D eigenvalue weighted by Gasteiger charge is 2.23. The van der Waals surface area contributed by atoms with Gasteiger partial charge in [-0.1, -0.05) is 49.4 Å². The molecule has 0 saturated carbocycles. The van der Waals surface area contributed by atoms with Gasteiger partial charge in [-0.05, 0) is 61.3 Å². The molecule has 0 bridgehead atoms. The molecule has 3 rings (SSSR count). The molecular weight excluding hydrogens is 408 g/mol. The minimum Gasteiger partial charge on any atom is -0.343 e. The lowest BCUT2D eigenvalue weighted by Gasteiger charge is -2.32. The molecule has 1 aliphatic heterocycles. The number of aryl methyl sites for hydroxylation is 1. The van der Waals surface area contributed by atoms with Crippen molar-refractivity contribution in [3.8, 4) is 0 Å². The number of sulfonamides is 1. The van der Waals surface area contributed by atoms with Crippen LogP contribution in [0, 0.1) is 5.92 Å². The lowest BCUT2D eigenvalue weighted by Crippen LogP contribution is -2.39. The predicted molar refractivity (Wildman–Crippen MR) is 127 cm³/mol. The topological polar surface area (TPSA) is 57.7 Å². The van der Waals surface area contributed by atoms with Crippen molar-refractivity contribution in [2.45, 2.75) is 45.4 Å². The fourth-order valence-corrected chi connectivity index (χ4v) is 5.22. The smallest absolute Gasteiger partial charge is 0.232 e.